The lowest BCUT2D eigenvalue weighted by Gasteiger charge is -2.19. The Morgan fingerprint density at radius 1 is 1.23 bits per heavy atom. The zero-order chi connectivity index (χ0) is 18.7. The Bertz CT molecular complexity index is 969. The zero-order valence-corrected chi connectivity index (χ0v) is 15.1. The molecule has 3 aromatic heterocycles. The number of pyridine rings is 1. The van der Waals surface area contributed by atoms with Gasteiger partial charge >= 0.3 is 0 Å². The Labute approximate surface area is 150 Å². The molecule has 1 N–H and O–H groups in total. The summed E-state index contributed by atoms with van der Waals surface area (Å²) in [5.74, 6) is -0.145. The largest absolute Gasteiger partial charge is 0.350 e. The van der Waals surface area contributed by atoms with E-state index < -0.39 is 0 Å². The minimum atomic E-state index is -0.265. The van der Waals surface area contributed by atoms with E-state index in [0.717, 1.165) is 5.69 Å². The van der Waals surface area contributed by atoms with Crippen LogP contribution in [0.15, 0.2) is 41.7 Å². The number of nitrogens with one attached hydrogen (secondary N) is 1. The van der Waals surface area contributed by atoms with Gasteiger partial charge in [0.15, 0.2) is 5.65 Å². The minimum absolute atomic E-state index is 0.145. The van der Waals surface area contributed by atoms with Crippen molar-refractivity contribution in [3.8, 4) is 0 Å². The fourth-order valence-corrected chi connectivity index (χ4v) is 2.60. The molecule has 8 nitrogen and oxygen atoms in total. The molecular weight excluding hydrogens is 332 g/mol. The number of aromatic nitrogens is 5. The summed E-state index contributed by atoms with van der Waals surface area (Å²) in [5.41, 5.74) is 0.885. The second kappa shape index (κ2) is 7.07. The third-order valence-electron chi connectivity index (χ3n) is 3.96. The molecule has 0 saturated carbocycles. The first-order valence-electron chi connectivity index (χ1n) is 8.46. The van der Waals surface area contributed by atoms with Crippen LogP contribution in [0.4, 0.5) is 0 Å². The van der Waals surface area contributed by atoms with Crippen LogP contribution in [0.25, 0.3) is 11.0 Å². The summed E-state index contributed by atoms with van der Waals surface area (Å²) >= 11 is 0. The molecule has 3 rings (SSSR count). The van der Waals surface area contributed by atoms with Gasteiger partial charge in [-0.3, -0.25) is 19.1 Å². The number of hydrogen-bond acceptors (Lipinski definition) is 5. The number of aryl methyl sites for hydroxylation is 1. The second-order valence-corrected chi connectivity index (χ2v) is 7.06. The highest BCUT2D eigenvalue weighted by Gasteiger charge is 2.19. The van der Waals surface area contributed by atoms with Crippen LogP contribution in [0.5, 0.6) is 0 Å². The fraction of sp³-hybridized carbons (Fsp3) is 0.389. The van der Waals surface area contributed by atoms with Crippen molar-refractivity contribution in [2.75, 3.05) is 0 Å². The van der Waals surface area contributed by atoms with Crippen molar-refractivity contribution in [2.45, 2.75) is 45.8 Å². The van der Waals surface area contributed by atoms with Gasteiger partial charge in [-0.2, -0.15) is 5.10 Å². The Hall–Kier alpha value is -3.03. The van der Waals surface area contributed by atoms with Crippen LogP contribution in [-0.2, 0) is 23.4 Å². The van der Waals surface area contributed by atoms with Gasteiger partial charge in [-0.05, 0) is 32.9 Å². The van der Waals surface area contributed by atoms with Crippen molar-refractivity contribution in [3.63, 3.8) is 0 Å². The molecular formula is C18H22N6O2. The van der Waals surface area contributed by atoms with Gasteiger partial charge in [0.25, 0.3) is 5.56 Å². The standard InChI is InChI=1S/C18H22N6O2/c1-18(2,3)24-16-14(11-22-24)17(26)23(12-21-16)9-7-15(25)20-10-13-6-4-5-8-19-13/h4-6,8,11-12H,7,9-10H2,1-3H3,(H,20,25). The second-order valence-electron chi connectivity index (χ2n) is 7.06. The van der Waals surface area contributed by atoms with Crippen LogP contribution in [0.2, 0.25) is 0 Å². The van der Waals surface area contributed by atoms with Crippen LogP contribution in [0.1, 0.15) is 32.9 Å². The van der Waals surface area contributed by atoms with Crippen LogP contribution in [0, 0.1) is 0 Å². The highest BCUT2D eigenvalue weighted by molar-refractivity contribution is 5.76. The lowest BCUT2D eigenvalue weighted by Crippen LogP contribution is -2.28. The van der Waals surface area contributed by atoms with Crippen molar-refractivity contribution in [3.05, 3.63) is 53.0 Å². The lowest BCUT2D eigenvalue weighted by atomic mass is 10.1. The van der Waals surface area contributed by atoms with E-state index in [2.05, 4.69) is 20.4 Å². The Balaban J connectivity index is 1.67. The maximum Gasteiger partial charge on any atom is 0.264 e. The monoisotopic (exact) mass is 354 g/mol. The van der Waals surface area contributed by atoms with Crippen LogP contribution in [0.3, 0.4) is 0 Å². The molecule has 3 aromatic rings. The molecule has 0 aromatic carbocycles. The van der Waals surface area contributed by atoms with Crippen molar-refractivity contribution in [2.24, 2.45) is 0 Å². The molecule has 0 saturated heterocycles. The van der Waals surface area contributed by atoms with E-state index in [1.807, 2.05) is 39.0 Å². The first kappa shape index (κ1) is 17.8. The SMILES string of the molecule is CC(C)(C)n1ncc2c(=O)n(CCC(=O)NCc3ccccn3)cnc21. The van der Waals surface area contributed by atoms with E-state index in [9.17, 15) is 9.59 Å². The molecule has 0 unspecified atom stereocenters. The molecule has 0 aliphatic heterocycles. The molecule has 0 radical (unpaired) electrons. The molecule has 3 heterocycles. The number of rotatable bonds is 5. The molecule has 0 bridgehead atoms. The summed E-state index contributed by atoms with van der Waals surface area (Å²) in [7, 11) is 0. The highest BCUT2D eigenvalue weighted by Crippen LogP contribution is 2.17. The summed E-state index contributed by atoms with van der Waals surface area (Å²) < 4.78 is 3.17. The predicted octanol–water partition coefficient (Wildman–Crippen LogP) is 1.45. The fourth-order valence-electron chi connectivity index (χ4n) is 2.60. The Morgan fingerprint density at radius 3 is 2.73 bits per heavy atom. The van der Waals surface area contributed by atoms with E-state index in [-0.39, 0.29) is 30.0 Å². The van der Waals surface area contributed by atoms with Crippen LogP contribution >= 0.6 is 0 Å². The Kier molecular flexibility index (Phi) is 4.83. The van der Waals surface area contributed by atoms with Crippen LogP contribution in [-0.4, -0.2) is 30.2 Å². The van der Waals surface area contributed by atoms with Gasteiger partial charge in [-0.15, -0.1) is 0 Å². The molecule has 136 valence electrons. The van der Waals surface area contributed by atoms with Gasteiger partial charge in [0.1, 0.15) is 5.39 Å². The summed E-state index contributed by atoms with van der Waals surface area (Å²) in [5, 5.41) is 7.53. The van der Waals surface area contributed by atoms with Crippen molar-refractivity contribution < 1.29 is 4.79 Å². The third-order valence-corrected chi connectivity index (χ3v) is 3.96. The average Bonchev–Trinajstić information content (AvgIpc) is 3.05. The van der Waals surface area contributed by atoms with Crippen molar-refractivity contribution >= 4 is 16.9 Å². The first-order valence-corrected chi connectivity index (χ1v) is 8.46. The van der Waals surface area contributed by atoms with Crippen LogP contribution < -0.4 is 10.9 Å². The molecule has 0 aliphatic carbocycles. The van der Waals surface area contributed by atoms with E-state index in [4.69, 9.17) is 0 Å². The van der Waals surface area contributed by atoms with Gasteiger partial charge in [0.2, 0.25) is 5.91 Å². The average molecular weight is 354 g/mol. The van der Waals surface area contributed by atoms with E-state index in [1.165, 1.54) is 17.1 Å². The number of carbonyl (C=O) groups is 1. The highest BCUT2D eigenvalue weighted by atomic mass is 16.1. The number of hydrogen-bond donors (Lipinski definition) is 1. The lowest BCUT2D eigenvalue weighted by molar-refractivity contribution is -0.121. The van der Waals surface area contributed by atoms with E-state index in [0.29, 0.717) is 17.6 Å². The quantitative estimate of drug-likeness (QED) is 0.748. The zero-order valence-electron chi connectivity index (χ0n) is 15.1. The topological polar surface area (TPSA) is 94.7 Å². The normalized spacial score (nSPS) is 11.7. The first-order chi connectivity index (χ1) is 12.4. The molecule has 0 atom stereocenters. The van der Waals surface area contributed by atoms with E-state index in [1.54, 1.807) is 10.9 Å². The minimum Gasteiger partial charge on any atom is -0.350 e. The Morgan fingerprint density at radius 2 is 2.04 bits per heavy atom. The molecule has 8 heteroatoms. The maximum atomic E-state index is 12.6. The van der Waals surface area contributed by atoms with Gasteiger partial charge in [0.05, 0.1) is 30.3 Å². The van der Waals surface area contributed by atoms with Gasteiger partial charge in [-0.25, -0.2) is 9.67 Å². The van der Waals surface area contributed by atoms with Gasteiger partial charge in [0, 0.05) is 19.2 Å². The number of amides is 1. The van der Waals surface area contributed by atoms with Gasteiger partial charge < -0.3 is 5.32 Å². The maximum absolute atomic E-state index is 12.6. The van der Waals surface area contributed by atoms with Crippen molar-refractivity contribution in [1.29, 1.82) is 0 Å². The summed E-state index contributed by atoms with van der Waals surface area (Å²) in [6, 6.07) is 5.53. The number of carbonyl (C=O) groups excluding carboxylic acids is 1. The molecule has 0 fully saturated rings. The molecule has 1 amide bonds. The third kappa shape index (κ3) is 3.79. The number of fused-ring (bicyclic) bond motifs is 1. The van der Waals surface area contributed by atoms with Gasteiger partial charge in [-0.1, -0.05) is 6.07 Å². The summed E-state index contributed by atoms with van der Waals surface area (Å²) in [6.45, 7) is 6.62. The number of nitrogens with zero attached hydrogens (tertiary/aromatic N) is 5. The summed E-state index contributed by atoms with van der Waals surface area (Å²) in [6.07, 6.45) is 4.88. The molecule has 26 heavy (non-hydrogen) atoms. The molecule has 0 spiro atoms. The van der Waals surface area contributed by atoms with E-state index >= 15 is 0 Å². The molecule has 0 aliphatic rings. The summed E-state index contributed by atoms with van der Waals surface area (Å²) in [4.78, 5) is 33.1. The smallest absolute Gasteiger partial charge is 0.264 e. The van der Waals surface area contributed by atoms with Crippen molar-refractivity contribution in [1.82, 2.24) is 29.6 Å². The predicted molar refractivity (Wildman–Crippen MR) is 97.5 cm³/mol.